The molecule has 248 valence electrons. The zero-order valence-electron chi connectivity index (χ0n) is 29.5. The Morgan fingerprint density at radius 3 is 2.23 bits per heavy atom. The van der Waals surface area contributed by atoms with Gasteiger partial charge in [-0.2, -0.15) is 5.26 Å². The average molecular weight is 676 g/mol. The molecule has 0 saturated carbocycles. The molecule has 8 aromatic rings. The Bertz CT molecular complexity index is 3220. The summed E-state index contributed by atoms with van der Waals surface area (Å²) in [5.41, 5.74) is 20.3. The summed E-state index contributed by atoms with van der Waals surface area (Å²) in [7, 11) is 0. The smallest absolute Gasteiger partial charge is 0.0991 e. The number of hydrogen-bond acceptors (Lipinski definition) is 1. The lowest BCUT2D eigenvalue weighted by Gasteiger charge is -2.24. The highest BCUT2D eigenvalue weighted by atomic mass is 15.0. The molecule has 3 heteroatoms. The first kappa shape index (κ1) is 29.8. The zero-order valence-corrected chi connectivity index (χ0v) is 29.5. The molecule has 0 radical (unpaired) electrons. The minimum absolute atomic E-state index is 0.0825. The van der Waals surface area contributed by atoms with Crippen LogP contribution in [0.1, 0.15) is 42.5 Å². The van der Waals surface area contributed by atoms with Gasteiger partial charge in [-0.05, 0) is 106 Å². The molecule has 0 aliphatic heterocycles. The van der Waals surface area contributed by atoms with Gasteiger partial charge in [0.05, 0.1) is 39.2 Å². The highest BCUT2D eigenvalue weighted by Gasteiger charge is 2.41. The maximum Gasteiger partial charge on any atom is 0.0991 e. The number of rotatable bonds is 4. The Hall–Kier alpha value is -6.85. The maximum atomic E-state index is 9.52. The molecule has 2 heterocycles. The normalized spacial score (nSPS) is 15.0. The van der Waals surface area contributed by atoms with Crippen molar-refractivity contribution in [1.82, 2.24) is 9.13 Å². The van der Waals surface area contributed by atoms with E-state index in [0.717, 1.165) is 50.8 Å². The van der Waals surface area contributed by atoms with E-state index < -0.39 is 0 Å². The van der Waals surface area contributed by atoms with Crippen LogP contribution in [0.5, 0.6) is 0 Å². The molecule has 2 aromatic heterocycles. The molecular formula is C50H33N3. The molecule has 0 N–H and O–H groups in total. The maximum absolute atomic E-state index is 9.52. The van der Waals surface area contributed by atoms with Gasteiger partial charge in [0, 0.05) is 38.1 Å². The summed E-state index contributed by atoms with van der Waals surface area (Å²) in [5, 5.41) is 15.5. The standard InChI is InChI=1S/C50H33N3/c1-50(2)43-19-9-17-37(43)40-18-10-22-47(49(40)50)53-45-21-6-4-16-39(45)42-28-35(29-48(42)53)34-23-24-46-41(27-34)38-15-3-5-20-44(38)52(46)36-14-8-13-33(26-36)32-12-7-11-31(25-32)30-51/h3-8,10-28H,9H2,1-2H3. The Morgan fingerprint density at radius 2 is 1.38 bits per heavy atom. The fourth-order valence-electron chi connectivity index (χ4n) is 9.36. The number of aromatic nitrogens is 2. The van der Waals surface area contributed by atoms with Crippen LogP contribution in [0, 0.1) is 11.3 Å². The second-order valence-electron chi connectivity index (χ2n) is 14.9. The van der Waals surface area contributed by atoms with Gasteiger partial charge >= 0.3 is 0 Å². The molecule has 0 amide bonds. The van der Waals surface area contributed by atoms with E-state index >= 15 is 0 Å². The van der Waals surface area contributed by atoms with Crippen LogP contribution in [0.3, 0.4) is 0 Å². The van der Waals surface area contributed by atoms with Crippen LogP contribution in [-0.2, 0) is 5.41 Å². The van der Waals surface area contributed by atoms with Crippen molar-refractivity contribution in [3.05, 3.63) is 184 Å². The van der Waals surface area contributed by atoms with Gasteiger partial charge in [0.25, 0.3) is 0 Å². The van der Waals surface area contributed by atoms with Crippen LogP contribution in [0.2, 0.25) is 0 Å². The zero-order chi connectivity index (χ0) is 35.4. The van der Waals surface area contributed by atoms with E-state index in [1.165, 1.54) is 54.9 Å². The van der Waals surface area contributed by atoms with Crippen molar-refractivity contribution in [2.24, 2.45) is 0 Å². The van der Waals surface area contributed by atoms with Gasteiger partial charge in [0.2, 0.25) is 0 Å². The summed E-state index contributed by atoms with van der Waals surface area (Å²) in [6, 6.07) is 49.8. The third-order valence-corrected chi connectivity index (χ3v) is 11.7. The van der Waals surface area contributed by atoms with Gasteiger partial charge in [-0.3, -0.25) is 0 Å². The van der Waals surface area contributed by atoms with Gasteiger partial charge in [-0.1, -0.05) is 111 Å². The van der Waals surface area contributed by atoms with Crippen molar-refractivity contribution >= 4 is 55.7 Å². The first-order valence-electron chi connectivity index (χ1n) is 18.3. The predicted octanol–water partition coefficient (Wildman–Crippen LogP) is 10.5. The fourth-order valence-corrected chi connectivity index (χ4v) is 9.36. The summed E-state index contributed by atoms with van der Waals surface area (Å²) in [4.78, 5) is 0. The monoisotopic (exact) mass is 675 g/mol. The van der Waals surface area contributed by atoms with Crippen molar-refractivity contribution in [3.63, 3.8) is 0 Å². The van der Waals surface area contributed by atoms with Gasteiger partial charge in [0.15, 0.2) is 0 Å². The second kappa shape index (κ2) is 10.8. The minimum atomic E-state index is -0.0825. The summed E-state index contributed by atoms with van der Waals surface area (Å²) >= 11 is 0. The van der Waals surface area contributed by atoms with Gasteiger partial charge < -0.3 is 9.13 Å². The molecule has 53 heavy (non-hydrogen) atoms. The molecule has 0 unspecified atom stereocenters. The van der Waals surface area contributed by atoms with Crippen molar-refractivity contribution in [1.29, 1.82) is 5.26 Å². The van der Waals surface area contributed by atoms with E-state index in [4.69, 9.17) is 0 Å². The average Bonchev–Trinajstić information content (AvgIpc) is 4.01. The topological polar surface area (TPSA) is 33.6 Å². The van der Waals surface area contributed by atoms with Crippen molar-refractivity contribution in [3.8, 4) is 28.6 Å². The number of allylic oxidation sites excluding steroid dienone is 5. The number of benzene rings is 6. The largest absolute Gasteiger partial charge is 0.309 e. The Balaban J connectivity index is 1.11. The molecule has 0 bridgehead atoms. The molecule has 0 spiro atoms. The van der Waals surface area contributed by atoms with Crippen LogP contribution in [0.25, 0.3) is 78.2 Å². The van der Waals surface area contributed by atoms with Crippen LogP contribution in [0.15, 0.2) is 151 Å². The van der Waals surface area contributed by atoms with Gasteiger partial charge in [0.1, 0.15) is 0 Å². The number of fused-ring (bicyclic) bond motifs is 9. The van der Waals surface area contributed by atoms with E-state index in [0.29, 0.717) is 5.56 Å². The fraction of sp³-hybridized carbons (Fsp3) is 0.0800. The molecule has 3 aliphatic carbocycles. The van der Waals surface area contributed by atoms with Crippen molar-refractivity contribution < 1.29 is 0 Å². The summed E-state index contributed by atoms with van der Waals surface area (Å²) < 4.78 is 4.82. The molecular weight excluding hydrogens is 643 g/mol. The lowest BCUT2D eigenvalue weighted by atomic mass is 9.81. The van der Waals surface area contributed by atoms with E-state index in [1.54, 1.807) is 0 Å². The molecule has 0 atom stereocenters. The quantitative estimate of drug-likeness (QED) is 0.183. The highest BCUT2D eigenvalue weighted by molar-refractivity contribution is 6.12. The number of nitriles is 1. The van der Waals surface area contributed by atoms with Crippen LogP contribution >= 0.6 is 0 Å². The summed E-state index contributed by atoms with van der Waals surface area (Å²) in [6.45, 7) is 4.76. The molecule has 3 aliphatic rings. The van der Waals surface area contributed by atoms with Crippen molar-refractivity contribution in [2.45, 2.75) is 25.7 Å². The van der Waals surface area contributed by atoms with Crippen molar-refractivity contribution in [2.75, 3.05) is 0 Å². The van der Waals surface area contributed by atoms with E-state index in [-0.39, 0.29) is 5.41 Å². The molecule has 0 saturated heterocycles. The van der Waals surface area contributed by atoms with E-state index in [2.05, 4.69) is 168 Å². The van der Waals surface area contributed by atoms with Crippen LogP contribution < -0.4 is 10.6 Å². The lowest BCUT2D eigenvalue weighted by Crippen LogP contribution is -2.27. The third-order valence-electron chi connectivity index (χ3n) is 11.7. The minimum Gasteiger partial charge on any atom is -0.309 e. The van der Waals surface area contributed by atoms with E-state index in [1.807, 2.05) is 18.2 Å². The molecule has 3 nitrogen and oxygen atoms in total. The third kappa shape index (κ3) is 4.16. The number of para-hydroxylation sites is 2. The SMILES string of the molecule is CC1(C)C2=CCC=C2c2cccc(-n3c4c(c5ccccc53)=CC(c3ccc5c(c3)c3ccccc3n5-c3cccc(-c5cccc(C#N)c5)c3)=C=4)c21. The molecule has 11 rings (SSSR count). The summed E-state index contributed by atoms with van der Waals surface area (Å²) in [6.07, 6.45) is 8.15. The van der Waals surface area contributed by atoms with Gasteiger partial charge in [-0.15, -0.1) is 0 Å². The Kier molecular flexibility index (Phi) is 6.10. The molecule has 0 fully saturated rings. The Morgan fingerprint density at radius 1 is 0.642 bits per heavy atom. The first-order valence-corrected chi connectivity index (χ1v) is 18.3. The summed E-state index contributed by atoms with van der Waals surface area (Å²) in [5.74, 6) is 0. The number of hydrogen-bond donors (Lipinski definition) is 0. The Labute approximate surface area is 307 Å². The van der Waals surface area contributed by atoms with Crippen LogP contribution in [-0.4, -0.2) is 9.13 Å². The van der Waals surface area contributed by atoms with E-state index in [9.17, 15) is 5.26 Å². The second-order valence-corrected chi connectivity index (χ2v) is 14.9. The highest BCUT2D eigenvalue weighted by Crippen LogP contribution is 2.54. The lowest BCUT2D eigenvalue weighted by molar-refractivity contribution is 0.655. The van der Waals surface area contributed by atoms with Gasteiger partial charge in [-0.25, -0.2) is 0 Å². The first-order chi connectivity index (χ1) is 26.0. The van der Waals surface area contributed by atoms with Crippen LogP contribution in [0.4, 0.5) is 0 Å². The number of nitrogens with zero attached hydrogens (tertiary/aromatic N) is 3. The predicted molar refractivity (Wildman–Crippen MR) is 218 cm³/mol. The molecule has 6 aromatic carbocycles.